The Morgan fingerprint density at radius 3 is 2.95 bits per heavy atom. The van der Waals surface area contributed by atoms with Crippen LogP contribution < -0.4 is 10.6 Å². The fourth-order valence-corrected chi connectivity index (χ4v) is 2.33. The van der Waals surface area contributed by atoms with Gasteiger partial charge in [-0.3, -0.25) is 9.88 Å². The van der Waals surface area contributed by atoms with Gasteiger partial charge in [-0.1, -0.05) is 0 Å². The van der Waals surface area contributed by atoms with E-state index in [0.717, 1.165) is 0 Å². The zero-order valence-electron chi connectivity index (χ0n) is 11.4. The van der Waals surface area contributed by atoms with E-state index in [0.29, 0.717) is 31.7 Å². The zero-order valence-corrected chi connectivity index (χ0v) is 11.4. The number of aromatic nitrogens is 1. The Morgan fingerprint density at radius 2 is 2.29 bits per heavy atom. The predicted molar refractivity (Wildman–Crippen MR) is 71.9 cm³/mol. The van der Waals surface area contributed by atoms with Gasteiger partial charge in [0.15, 0.2) is 0 Å². The highest BCUT2D eigenvalue weighted by atomic mass is 19.4. The summed E-state index contributed by atoms with van der Waals surface area (Å²) < 4.78 is 36.8. The van der Waals surface area contributed by atoms with E-state index in [1.165, 1.54) is 11.1 Å². The molecule has 0 saturated carbocycles. The number of alkyl halides is 3. The second-order valence-corrected chi connectivity index (χ2v) is 5.08. The molecular formula is C13H17F3N4O. The molecule has 1 aromatic heterocycles. The van der Waals surface area contributed by atoms with Crippen molar-refractivity contribution in [2.75, 3.05) is 31.5 Å². The number of nitrogens with zero attached hydrogens (tertiary/aromatic N) is 2. The van der Waals surface area contributed by atoms with E-state index in [2.05, 4.69) is 15.6 Å². The molecule has 1 fully saturated rings. The summed E-state index contributed by atoms with van der Waals surface area (Å²) in [5.74, 6) is 0.0481. The van der Waals surface area contributed by atoms with Gasteiger partial charge >= 0.3 is 12.2 Å². The van der Waals surface area contributed by atoms with Gasteiger partial charge in [-0.2, -0.15) is 13.2 Å². The molecule has 1 atom stereocenters. The van der Waals surface area contributed by atoms with Crippen LogP contribution in [0.25, 0.3) is 0 Å². The molecule has 2 N–H and O–H groups in total. The second-order valence-electron chi connectivity index (χ2n) is 5.08. The molecule has 0 radical (unpaired) electrons. The molecule has 1 aliphatic heterocycles. The number of urea groups is 1. The van der Waals surface area contributed by atoms with Crippen molar-refractivity contribution in [1.82, 2.24) is 15.2 Å². The van der Waals surface area contributed by atoms with Crippen molar-refractivity contribution in [3.05, 3.63) is 24.5 Å². The summed E-state index contributed by atoms with van der Waals surface area (Å²) in [7, 11) is 0. The van der Waals surface area contributed by atoms with Gasteiger partial charge in [-0.05, 0) is 31.0 Å². The van der Waals surface area contributed by atoms with E-state index in [-0.39, 0.29) is 11.9 Å². The molecule has 21 heavy (non-hydrogen) atoms. The topological polar surface area (TPSA) is 57.3 Å². The van der Waals surface area contributed by atoms with E-state index < -0.39 is 12.7 Å². The van der Waals surface area contributed by atoms with Crippen molar-refractivity contribution in [2.45, 2.75) is 12.6 Å². The molecule has 5 nitrogen and oxygen atoms in total. The van der Waals surface area contributed by atoms with Gasteiger partial charge < -0.3 is 10.6 Å². The van der Waals surface area contributed by atoms with Gasteiger partial charge in [-0.15, -0.1) is 0 Å². The van der Waals surface area contributed by atoms with Crippen LogP contribution in [0.2, 0.25) is 0 Å². The Hall–Kier alpha value is -1.83. The first-order chi connectivity index (χ1) is 9.92. The van der Waals surface area contributed by atoms with Gasteiger partial charge in [0.05, 0.1) is 18.4 Å². The number of nitrogens with one attached hydrogen (secondary N) is 2. The average molecular weight is 302 g/mol. The standard InChI is InChI=1S/C13H17F3N4O/c14-13(15,16)9-20-5-3-10(8-20)6-18-12(21)19-11-2-1-4-17-7-11/h1-2,4,7,10H,3,5-6,8-9H2,(H2,18,19,21). The molecule has 1 aromatic rings. The van der Waals surface area contributed by atoms with E-state index in [1.54, 1.807) is 18.3 Å². The van der Waals surface area contributed by atoms with Gasteiger partial charge in [0, 0.05) is 19.3 Å². The second kappa shape index (κ2) is 6.75. The zero-order chi connectivity index (χ0) is 15.3. The number of halogens is 3. The Balaban J connectivity index is 1.68. The summed E-state index contributed by atoms with van der Waals surface area (Å²) in [4.78, 5) is 16.9. The minimum absolute atomic E-state index is 0.0481. The lowest BCUT2D eigenvalue weighted by Crippen LogP contribution is -2.36. The maximum atomic E-state index is 12.3. The van der Waals surface area contributed by atoms with Crippen molar-refractivity contribution in [3.63, 3.8) is 0 Å². The SMILES string of the molecule is O=C(NCC1CCN(CC(F)(F)F)C1)Nc1cccnc1. The molecule has 0 aromatic carbocycles. The lowest BCUT2D eigenvalue weighted by Gasteiger charge is -2.18. The number of anilines is 1. The van der Waals surface area contributed by atoms with E-state index >= 15 is 0 Å². The van der Waals surface area contributed by atoms with Gasteiger partial charge in [0.1, 0.15) is 0 Å². The number of amides is 2. The van der Waals surface area contributed by atoms with Crippen LogP contribution in [0.3, 0.4) is 0 Å². The number of hydrogen-bond acceptors (Lipinski definition) is 3. The summed E-state index contributed by atoms with van der Waals surface area (Å²) in [5, 5.41) is 5.28. The summed E-state index contributed by atoms with van der Waals surface area (Å²) in [6.07, 6.45) is -0.402. The Morgan fingerprint density at radius 1 is 1.48 bits per heavy atom. The Labute approximate surface area is 120 Å². The highest BCUT2D eigenvalue weighted by Crippen LogP contribution is 2.22. The van der Waals surface area contributed by atoms with Crippen LogP contribution >= 0.6 is 0 Å². The van der Waals surface area contributed by atoms with Crippen molar-refractivity contribution in [3.8, 4) is 0 Å². The maximum absolute atomic E-state index is 12.3. The van der Waals surface area contributed by atoms with Crippen LogP contribution in [0.1, 0.15) is 6.42 Å². The summed E-state index contributed by atoms with van der Waals surface area (Å²) in [5.41, 5.74) is 0.570. The van der Waals surface area contributed by atoms with E-state index in [1.807, 2.05) is 0 Å². The molecule has 2 rings (SSSR count). The molecule has 1 saturated heterocycles. The molecule has 1 aliphatic rings. The first-order valence-electron chi connectivity index (χ1n) is 6.66. The van der Waals surface area contributed by atoms with Crippen LogP contribution in [0, 0.1) is 5.92 Å². The lowest BCUT2D eigenvalue weighted by atomic mass is 10.1. The van der Waals surface area contributed by atoms with Crippen LogP contribution in [-0.4, -0.2) is 48.3 Å². The third-order valence-electron chi connectivity index (χ3n) is 3.24. The fourth-order valence-electron chi connectivity index (χ4n) is 2.33. The average Bonchev–Trinajstić information content (AvgIpc) is 2.83. The maximum Gasteiger partial charge on any atom is 0.401 e. The number of carbonyl (C=O) groups excluding carboxylic acids is 1. The van der Waals surface area contributed by atoms with Crippen molar-refractivity contribution in [1.29, 1.82) is 0 Å². The van der Waals surface area contributed by atoms with E-state index in [9.17, 15) is 18.0 Å². The van der Waals surface area contributed by atoms with Gasteiger partial charge in [0.2, 0.25) is 0 Å². The first kappa shape index (κ1) is 15.6. The van der Waals surface area contributed by atoms with Crippen LogP contribution in [0.15, 0.2) is 24.5 Å². The summed E-state index contributed by atoms with van der Waals surface area (Å²) in [6, 6.07) is 3.02. The number of rotatable bonds is 4. The van der Waals surface area contributed by atoms with Crippen molar-refractivity contribution in [2.24, 2.45) is 5.92 Å². The Bertz CT molecular complexity index is 466. The van der Waals surface area contributed by atoms with Crippen LogP contribution in [0.4, 0.5) is 23.7 Å². The predicted octanol–water partition coefficient (Wildman–Crippen LogP) is 2.09. The number of likely N-dealkylation sites (tertiary alicyclic amines) is 1. The smallest absolute Gasteiger partial charge is 0.338 e. The summed E-state index contributed by atoms with van der Waals surface area (Å²) >= 11 is 0. The normalized spacial score (nSPS) is 19.5. The third-order valence-corrected chi connectivity index (χ3v) is 3.24. The van der Waals surface area contributed by atoms with Crippen molar-refractivity contribution >= 4 is 11.7 Å². The van der Waals surface area contributed by atoms with Gasteiger partial charge in [-0.25, -0.2) is 4.79 Å². The van der Waals surface area contributed by atoms with Crippen LogP contribution in [-0.2, 0) is 0 Å². The number of hydrogen-bond donors (Lipinski definition) is 2. The molecule has 116 valence electrons. The highest BCUT2D eigenvalue weighted by molar-refractivity contribution is 5.88. The fraction of sp³-hybridized carbons (Fsp3) is 0.538. The molecule has 1 unspecified atom stereocenters. The Kier molecular flexibility index (Phi) is 5.00. The van der Waals surface area contributed by atoms with E-state index in [4.69, 9.17) is 0 Å². The number of pyridine rings is 1. The van der Waals surface area contributed by atoms with Crippen LogP contribution in [0.5, 0.6) is 0 Å². The minimum Gasteiger partial charge on any atom is -0.338 e. The molecule has 2 heterocycles. The number of carbonyl (C=O) groups is 1. The summed E-state index contributed by atoms with van der Waals surface area (Å²) in [6.45, 7) is 0.245. The molecular weight excluding hydrogens is 285 g/mol. The molecule has 0 spiro atoms. The largest absolute Gasteiger partial charge is 0.401 e. The van der Waals surface area contributed by atoms with Gasteiger partial charge in [0.25, 0.3) is 0 Å². The molecule has 0 aliphatic carbocycles. The third kappa shape index (κ3) is 5.58. The quantitative estimate of drug-likeness (QED) is 0.895. The van der Waals surface area contributed by atoms with Crippen molar-refractivity contribution < 1.29 is 18.0 Å². The first-order valence-corrected chi connectivity index (χ1v) is 6.66. The monoisotopic (exact) mass is 302 g/mol. The molecule has 0 bridgehead atoms. The molecule has 2 amide bonds. The lowest BCUT2D eigenvalue weighted by molar-refractivity contribution is -0.143. The highest BCUT2D eigenvalue weighted by Gasteiger charge is 2.34. The minimum atomic E-state index is -4.17. The molecule has 8 heteroatoms.